The normalized spacial score (nSPS) is 20.2. The van der Waals surface area contributed by atoms with Crippen molar-refractivity contribution in [2.75, 3.05) is 14.1 Å². The maximum absolute atomic E-state index is 9.42. The van der Waals surface area contributed by atoms with Gasteiger partial charge in [0.2, 0.25) is 0 Å². The molecule has 1 aliphatic rings. The highest BCUT2D eigenvalue weighted by Gasteiger charge is 2.46. The molecule has 86 valence electrons. The third-order valence-corrected chi connectivity index (χ3v) is 4.66. The van der Waals surface area contributed by atoms with Gasteiger partial charge in [-0.2, -0.15) is 5.26 Å². The monoisotopic (exact) mass is 254 g/mol. The number of rotatable bonds is 3. The molecule has 0 bridgehead atoms. The Morgan fingerprint density at radius 1 is 1.50 bits per heavy atom. The van der Waals surface area contributed by atoms with E-state index in [1.54, 1.807) is 11.3 Å². The highest BCUT2D eigenvalue weighted by Crippen LogP contribution is 2.53. The van der Waals surface area contributed by atoms with E-state index in [0.29, 0.717) is 0 Å². The number of nitrogens with zero attached hydrogens (tertiary/aromatic N) is 2. The fourth-order valence-electron chi connectivity index (χ4n) is 2.50. The molecule has 1 unspecified atom stereocenters. The van der Waals surface area contributed by atoms with Crippen molar-refractivity contribution in [1.82, 2.24) is 4.90 Å². The molecule has 1 atom stereocenters. The van der Waals surface area contributed by atoms with Crippen molar-refractivity contribution >= 4 is 22.9 Å². The molecule has 2 nitrogen and oxygen atoms in total. The summed E-state index contributed by atoms with van der Waals surface area (Å²) in [6, 6.07) is 6.68. The molecule has 0 amide bonds. The second-order valence-corrected chi connectivity index (χ2v) is 6.38. The molecule has 0 aliphatic heterocycles. The van der Waals surface area contributed by atoms with Crippen LogP contribution in [0, 0.1) is 16.7 Å². The molecule has 0 spiro atoms. The average Bonchev–Trinajstić information content (AvgIpc) is 2.57. The lowest BCUT2D eigenvalue weighted by molar-refractivity contribution is 0.0772. The topological polar surface area (TPSA) is 27.0 Å². The van der Waals surface area contributed by atoms with Crippen LogP contribution in [0.15, 0.2) is 12.1 Å². The van der Waals surface area contributed by atoms with Gasteiger partial charge >= 0.3 is 0 Å². The molecule has 0 N–H and O–H groups in total. The summed E-state index contributed by atoms with van der Waals surface area (Å²) in [5.74, 6) is 0. The number of thiophene rings is 1. The first-order valence-corrected chi connectivity index (χ1v) is 6.61. The molecular weight excluding hydrogens is 240 g/mol. The van der Waals surface area contributed by atoms with Crippen LogP contribution in [-0.2, 0) is 0 Å². The summed E-state index contributed by atoms with van der Waals surface area (Å²) < 4.78 is 0.800. The first-order chi connectivity index (χ1) is 7.59. The van der Waals surface area contributed by atoms with Gasteiger partial charge in [0.25, 0.3) is 0 Å². The van der Waals surface area contributed by atoms with Crippen LogP contribution in [0.5, 0.6) is 0 Å². The van der Waals surface area contributed by atoms with E-state index in [4.69, 9.17) is 11.6 Å². The summed E-state index contributed by atoms with van der Waals surface area (Å²) in [5, 5.41) is 9.42. The highest BCUT2D eigenvalue weighted by atomic mass is 35.5. The van der Waals surface area contributed by atoms with Crippen molar-refractivity contribution in [3.63, 3.8) is 0 Å². The van der Waals surface area contributed by atoms with Gasteiger partial charge in [-0.1, -0.05) is 18.0 Å². The first-order valence-electron chi connectivity index (χ1n) is 5.42. The lowest BCUT2D eigenvalue weighted by atomic mass is 9.64. The molecule has 1 aliphatic carbocycles. The van der Waals surface area contributed by atoms with E-state index < -0.39 is 0 Å². The Labute approximate surface area is 105 Å². The van der Waals surface area contributed by atoms with Gasteiger partial charge in [0.15, 0.2) is 0 Å². The van der Waals surface area contributed by atoms with E-state index in [2.05, 4.69) is 17.0 Å². The Balaban J connectivity index is 2.35. The molecule has 1 aromatic rings. The summed E-state index contributed by atoms with van der Waals surface area (Å²) in [6.07, 6.45) is 3.17. The summed E-state index contributed by atoms with van der Waals surface area (Å²) in [6.45, 7) is 0. The van der Waals surface area contributed by atoms with E-state index in [0.717, 1.165) is 23.6 Å². The van der Waals surface area contributed by atoms with E-state index in [-0.39, 0.29) is 11.5 Å². The van der Waals surface area contributed by atoms with Gasteiger partial charge in [-0.15, -0.1) is 11.3 Å². The smallest absolute Gasteiger partial charge is 0.0931 e. The summed E-state index contributed by atoms with van der Waals surface area (Å²) in [7, 11) is 4.07. The van der Waals surface area contributed by atoms with Gasteiger partial charge in [-0.3, -0.25) is 0 Å². The zero-order valence-electron chi connectivity index (χ0n) is 9.53. The van der Waals surface area contributed by atoms with Crippen LogP contribution in [0.3, 0.4) is 0 Å². The third kappa shape index (κ3) is 1.86. The summed E-state index contributed by atoms with van der Waals surface area (Å²) in [4.78, 5) is 3.35. The van der Waals surface area contributed by atoms with E-state index in [1.807, 2.05) is 20.2 Å². The largest absolute Gasteiger partial charge is 0.300 e. The molecule has 16 heavy (non-hydrogen) atoms. The Bertz CT molecular complexity index is 415. The predicted octanol–water partition coefficient (Wildman–Crippen LogP) is 3.70. The standard InChI is InChI=1S/C12H15ClN2S/c1-15(2)11(9-4-5-10(13)16-9)12(8-14)6-3-7-12/h4-5,11H,3,6-7H2,1-2H3. The minimum absolute atomic E-state index is 0.184. The van der Waals surface area contributed by atoms with Crippen molar-refractivity contribution in [2.24, 2.45) is 5.41 Å². The van der Waals surface area contributed by atoms with E-state index in [1.165, 1.54) is 4.88 Å². The van der Waals surface area contributed by atoms with Crippen molar-refractivity contribution in [1.29, 1.82) is 5.26 Å². The number of hydrogen-bond donors (Lipinski definition) is 0. The molecule has 0 radical (unpaired) electrons. The van der Waals surface area contributed by atoms with Gasteiger partial charge in [0, 0.05) is 4.88 Å². The molecular formula is C12H15ClN2S. The fraction of sp³-hybridized carbons (Fsp3) is 0.583. The fourth-order valence-corrected chi connectivity index (χ4v) is 3.88. The minimum atomic E-state index is -0.197. The Kier molecular flexibility index (Phi) is 3.25. The van der Waals surface area contributed by atoms with Gasteiger partial charge in [-0.05, 0) is 39.1 Å². The Morgan fingerprint density at radius 3 is 2.50 bits per heavy atom. The minimum Gasteiger partial charge on any atom is -0.300 e. The quantitative estimate of drug-likeness (QED) is 0.823. The van der Waals surface area contributed by atoms with Gasteiger partial charge < -0.3 is 4.90 Å². The van der Waals surface area contributed by atoms with E-state index in [9.17, 15) is 5.26 Å². The molecule has 0 aromatic carbocycles. The number of hydrogen-bond acceptors (Lipinski definition) is 3. The van der Waals surface area contributed by atoms with Crippen molar-refractivity contribution in [3.8, 4) is 6.07 Å². The van der Waals surface area contributed by atoms with Crippen LogP contribution in [0.25, 0.3) is 0 Å². The van der Waals surface area contributed by atoms with Crippen LogP contribution >= 0.6 is 22.9 Å². The number of halogens is 1. The maximum atomic E-state index is 9.42. The molecule has 4 heteroatoms. The molecule has 0 saturated heterocycles. The lowest BCUT2D eigenvalue weighted by Crippen LogP contribution is -2.41. The van der Waals surface area contributed by atoms with Crippen LogP contribution < -0.4 is 0 Å². The molecule has 1 fully saturated rings. The Hall–Kier alpha value is -0.560. The van der Waals surface area contributed by atoms with Gasteiger partial charge in [-0.25, -0.2) is 0 Å². The van der Waals surface area contributed by atoms with Crippen LogP contribution in [0.4, 0.5) is 0 Å². The maximum Gasteiger partial charge on any atom is 0.0931 e. The van der Waals surface area contributed by atoms with Gasteiger partial charge in [0.1, 0.15) is 0 Å². The number of nitriles is 1. The predicted molar refractivity (Wildman–Crippen MR) is 67.7 cm³/mol. The molecule has 1 aromatic heterocycles. The highest BCUT2D eigenvalue weighted by molar-refractivity contribution is 7.16. The first kappa shape index (κ1) is 11.9. The Morgan fingerprint density at radius 2 is 2.19 bits per heavy atom. The van der Waals surface area contributed by atoms with Crippen molar-refractivity contribution in [2.45, 2.75) is 25.3 Å². The van der Waals surface area contributed by atoms with Gasteiger partial charge in [0.05, 0.1) is 21.9 Å². The second kappa shape index (κ2) is 4.37. The molecule has 1 heterocycles. The SMILES string of the molecule is CN(C)C(c1ccc(Cl)s1)C1(C#N)CCC1. The molecule has 1 saturated carbocycles. The third-order valence-electron chi connectivity index (χ3n) is 3.37. The van der Waals surface area contributed by atoms with Crippen LogP contribution in [0.1, 0.15) is 30.2 Å². The zero-order valence-corrected chi connectivity index (χ0v) is 11.1. The van der Waals surface area contributed by atoms with Crippen molar-refractivity contribution < 1.29 is 0 Å². The average molecular weight is 255 g/mol. The summed E-state index contributed by atoms with van der Waals surface area (Å²) >= 11 is 7.57. The second-order valence-electron chi connectivity index (χ2n) is 4.63. The zero-order chi connectivity index (χ0) is 11.8. The van der Waals surface area contributed by atoms with Crippen LogP contribution in [0.2, 0.25) is 4.34 Å². The van der Waals surface area contributed by atoms with Crippen LogP contribution in [-0.4, -0.2) is 19.0 Å². The van der Waals surface area contributed by atoms with E-state index >= 15 is 0 Å². The van der Waals surface area contributed by atoms with Crippen molar-refractivity contribution in [3.05, 3.63) is 21.3 Å². The lowest BCUT2D eigenvalue weighted by Gasteiger charge is -2.44. The molecule has 2 rings (SSSR count). The summed E-state index contributed by atoms with van der Waals surface area (Å²) in [5.41, 5.74) is -0.197.